The SMILES string of the molecule is C=C/C=C\C(c1c[nH]c(NCCCl)c1N)N(C)NC1CCCCC1. The van der Waals surface area contributed by atoms with E-state index in [-0.39, 0.29) is 6.04 Å². The van der Waals surface area contributed by atoms with Crippen LogP contribution in [0.15, 0.2) is 31.0 Å². The van der Waals surface area contributed by atoms with Crippen molar-refractivity contribution < 1.29 is 0 Å². The maximum atomic E-state index is 6.34. The molecular weight excluding hydrogens is 322 g/mol. The smallest absolute Gasteiger partial charge is 0.127 e. The lowest BCUT2D eigenvalue weighted by Gasteiger charge is -2.32. The number of anilines is 2. The van der Waals surface area contributed by atoms with Gasteiger partial charge in [-0.2, -0.15) is 0 Å². The molecule has 5 nitrogen and oxygen atoms in total. The van der Waals surface area contributed by atoms with E-state index in [1.807, 2.05) is 12.3 Å². The molecule has 1 saturated carbocycles. The van der Waals surface area contributed by atoms with Crippen LogP contribution in [0.3, 0.4) is 0 Å². The Balaban J connectivity index is 2.13. The summed E-state index contributed by atoms with van der Waals surface area (Å²) in [4.78, 5) is 3.22. The Kier molecular flexibility index (Phi) is 7.69. The van der Waals surface area contributed by atoms with Crippen LogP contribution in [0.1, 0.15) is 43.7 Å². The van der Waals surface area contributed by atoms with Crippen LogP contribution in [0.2, 0.25) is 0 Å². The number of likely N-dealkylation sites (N-methyl/N-ethyl adjacent to an activating group) is 1. The first-order valence-electron chi connectivity index (χ1n) is 8.72. The molecular formula is C18H30ClN5. The zero-order valence-corrected chi connectivity index (χ0v) is 15.3. The monoisotopic (exact) mass is 351 g/mol. The average Bonchev–Trinajstić information content (AvgIpc) is 2.95. The zero-order valence-electron chi connectivity index (χ0n) is 14.5. The topological polar surface area (TPSA) is 69.1 Å². The van der Waals surface area contributed by atoms with Crippen molar-refractivity contribution >= 4 is 23.1 Å². The molecule has 0 aromatic carbocycles. The molecule has 1 aliphatic rings. The number of aromatic nitrogens is 1. The molecule has 1 atom stereocenters. The number of nitrogen functional groups attached to an aromatic ring is 1. The van der Waals surface area contributed by atoms with Crippen LogP contribution in [0, 0.1) is 0 Å². The predicted molar refractivity (Wildman–Crippen MR) is 104 cm³/mol. The summed E-state index contributed by atoms with van der Waals surface area (Å²) in [6.07, 6.45) is 14.2. The minimum absolute atomic E-state index is 0.0349. The summed E-state index contributed by atoms with van der Waals surface area (Å²) in [5, 5.41) is 5.37. The van der Waals surface area contributed by atoms with Crippen molar-refractivity contribution in [1.29, 1.82) is 0 Å². The molecule has 1 heterocycles. The maximum Gasteiger partial charge on any atom is 0.127 e. The molecule has 5 N–H and O–H groups in total. The van der Waals surface area contributed by atoms with E-state index < -0.39 is 0 Å². The lowest BCUT2D eigenvalue weighted by Crippen LogP contribution is -2.44. The van der Waals surface area contributed by atoms with Crippen LogP contribution >= 0.6 is 11.6 Å². The predicted octanol–water partition coefficient (Wildman–Crippen LogP) is 3.80. The Labute approximate surface area is 150 Å². The van der Waals surface area contributed by atoms with E-state index in [4.69, 9.17) is 17.3 Å². The minimum Gasteiger partial charge on any atom is -0.395 e. The second-order valence-electron chi connectivity index (χ2n) is 6.29. The fourth-order valence-electron chi connectivity index (χ4n) is 3.24. The van der Waals surface area contributed by atoms with Gasteiger partial charge in [-0.05, 0) is 12.8 Å². The molecule has 2 rings (SSSR count). The van der Waals surface area contributed by atoms with Crippen molar-refractivity contribution in [2.24, 2.45) is 0 Å². The number of nitrogens with one attached hydrogen (secondary N) is 3. The molecule has 0 saturated heterocycles. The molecule has 24 heavy (non-hydrogen) atoms. The van der Waals surface area contributed by atoms with Crippen molar-refractivity contribution in [1.82, 2.24) is 15.4 Å². The van der Waals surface area contributed by atoms with Gasteiger partial charge in [0.15, 0.2) is 0 Å². The standard InChI is InChI=1S/C18H30ClN5/c1-3-4-10-16(24(2)23-14-8-6-5-7-9-14)15-13-22-18(17(15)20)21-12-11-19/h3-4,10,13-14,16,21-23H,1,5-9,11-12,20H2,2H3/b10-4-. The molecule has 1 aromatic heterocycles. The first-order chi connectivity index (χ1) is 11.7. The highest BCUT2D eigenvalue weighted by molar-refractivity contribution is 6.18. The fourth-order valence-corrected chi connectivity index (χ4v) is 3.33. The maximum absolute atomic E-state index is 6.34. The van der Waals surface area contributed by atoms with E-state index >= 15 is 0 Å². The number of hydrogen-bond donors (Lipinski definition) is 4. The van der Waals surface area contributed by atoms with Gasteiger partial charge in [0, 0.05) is 37.3 Å². The van der Waals surface area contributed by atoms with Gasteiger partial charge >= 0.3 is 0 Å². The van der Waals surface area contributed by atoms with Gasteiger partial charge in [-0.1, -0.05) is 44.1 Å². The molecule has 1 aliphatic carbocycles. The molecule has 0 bridgehead atoms. The average molecular weight is 352 g/mol. The van der Waals surface area contributed by atoms with E-state index in [0.717, 1.165) is 17.1 Å². The molecule has 6 heteroatoms. The Bertz CT molecular complexity index is 534. The number of hydrogen-bond acceptors (Lipinski definition) is 4. The number of alkyl halides is 1. The number of nitrogens with two attached hydrogens (primary N) is 1. The Hall–Kier alpha value is -1.43. The van der Waals surface area contributed by atoms with E-state index in [9.17, 15) is 0 Å². The van der Waals surface area contributed by atoms with Crippen LogP contribution in [0.5, 0.6) is 0 Å². The third kappa shape index (κ3) is 5.03. The number of nitrogens with zero attached hydrogens (tertiary/aromatic N) is 1. The number of allylic oxidation sites excluding steroid dienone is 2. The van der Waals surface area contributed by atoms with Crippen LogP contribution in [-0.4, -0.2) is 35.5 Å². The lowest BCUT2D eigenvalue weighted by atomic mass is 9.96. The molecule has 0 radical (unpaired) electrons. The van der Waals surface area contributed by atoms with Gasteiger partial charge in [0.05, 0.1) is 11.7 Å². The van der Waals surface area contributed by atoms with Gasteiger partial charge < -0.3 is 16.0 Å². The summed E-state index contributed by atoms with van der Waals surface area (Å²) < 4.78 is 0. The van der Waals surface area contributed by atoms with E-state index in [2.05, 4.69) is 40.4 Å². The summed E-state index contributed by atoms with van der Waals surface area (Å²) in [6.45, 7) is 4.45. The van der Waals surface area contributed by atoms with E-state index in [1.54, 1.807) is 6.08 Å². The van der Waals surface area contributed by atoms with Gasteiger partial charge in [-0.3, -0.25) is 5.43 Å². The quantitative estimate of drug-likeness (QED) is 0.310. The van der Waals surface area contributed by atoms with Gasteiger partial charge in [0.25, 0.3) is 0 Å². The third-order valence-corrected chi connectivity index (χ3v) is 4.69. The van der Waals surface area contributed by atoms with Gasteiger partial charge in [0.1, 0.15) is 5.82 Å². The third-order valence-electron chi connectivity index (χ3n) is 4.51. The first-order valence-corrected chi connectivity index (χ1v) is 9.25. The minimum atomic E-state index is 0.0349. The van der Waals surface area contributed by atoms with Gasteiger partial charge in [-0.25, -0.2) is 5.01 Å². The van der Waals surface area contributed by atoms with Crippen molar-refractivity contribution in [3.05, 3.63) is 36.6 Å². The second kappa shape index (κ2) is 9.77. The highest BCUT2D eigenvalue weighted by atomic mass is 35.5. The van der Waals surface area contributed by atoms with Crippen LogP contribution in [0.25, 0.3) is 0 Å². The zero-order chi connectivity index (χ0) is 17.4. The van der Waals surface area contributed by atoms with Crippen molar-refractivity contribution in [3.63, 3.8) is 0 Å². The highest BCUT2D eigenvalue weighted by Crippen LogP contribution is 2.31. The van der Waals surface area contributed by atoms with Crippen molar-refractivity contribution in [2.45, 2.75) is 44.2 Å². The van der Waals surface area contributed by atoms with E-state index in [0.29, 0.717) is 18.5 Å². The Morgan fingerprint density at radius 2 is 2.21 bits per heavy atom. The molecule has 1 unspecified atom stereocenters. The largest absolute Gasteiger partial charge is 0.395 e. The number of aromatic amines is 1. The second-order valence-corrected chi connectivity index (χ2v) is 6.67. The van der Waals surface area contributed by atoms with Gasteiger partial charge in [0.2, 0.25) is 0 Å². The number of hydrazine groups is 1. The van der Waals surface area contributed by atoms with Gasteiger partial charge in [-0.15, -0.1) is 11.6 Å². The summed E-state index contributed by atoms with van der Waals surface area (Å²) in [5.41, 5.74) is 11.7. The Morgan fingerprint density at radius 3 is 2.88 bits per heavy atom. The molecule has 134 valence electrons. The fraction of sp³-hybridized carbons (Fsp3) is 0.556. The van der Waals surface area contributed by atoms with Crippen LogP contribution < -0.4 is 16.5 Å². The molecule has 0 spiro atoms. The number of H-pyrrole nitrogens is 1. The van der Waals surface area contributed by atoms with Crippen LogP contribution in [-0.2, 0) is 0 Å². The summed E-state index contributed by atoms with van der Waals surface area (Å²) in [5.74, 6) is 1.37. The molecule has 0 amide bonds. The Morgan fingerprint density at radius 1 is 1.46 bits per heavy atom. The van der Waals surface area contributed by atoms with Crippen molar-refractivity contribution in [2.75, 3.05) is 30.5 Å². The summed E-state index contributed by atoms with van der Waals surface area (Å²) in [6, 6.07) is 0.574. The summed E-state index contributed by atoms with van der Waals surface area (Å²) in [7, 11) is 2.07. The van der Waals surface area contributed by atoms with Crippen LogP contribution in [0.4, 0.5) is 11.5 Å². The molecule has 1 fully saturated rings. The molecule has 1 aromatic rings. The normalized spacial score (nSPS) is 17.5. The molecule has 0 aliphatic heterocycles. The van der Waals surface area contributed by atoms with Crippen molar-refractivity contribution in [3.8, 4) is 0 Å². The van der Waals surface area contributed by atoms with E-state index in [1.165, 1.54) is 32.1 Å². The summed E-state index contributed by atoms with van der Waals surface area (Å²) >= 11 is 5.74. The highest BCUT2D eigenvalue weighted by Gasteiger charge is 2.23. The number of halogens is 1. The number of rotatable bonds is 9. The first kappa shape index (κ1) is 18.9. The lowest BCUT2D eigenvalue weighted by molar-refractivity contribution is 0.143.